The minimum absolute atomic E-state index is 0.0756. The van der Waals surface area contributed by atoms with Gasteiger partial charge in [-0.15, -0.1) is 0 Å². The molecule has 1 atom stereocenters. The van der Waals surface area contributed by atoms with Crippen LogP contribution in [0.3, 0.4) is 0 Å². The highest BCUT2D eigenvalue weighted by Crippen LogP contribution is 2.17. The molecule has 0 saturated carbocycles. The molecule has 1 amide bonds. The molecular weight excluding hydrogens is 220 g/mol. The molecule has 0 aromatic heterocycles. The van der Waals surface area contributed by atoms with E-state index < -0.39 is 12.0 Å². The number of carbonyl (C=O) groups is 2. The predicted molar refractivity (Wildman–Crippen MR) is 64.8 cm³/mol. The van der Waals surface area contributed by atoms with Crippen molar-refractivity contribution in [2.75, 3.05) is 20.1 Å². The summed E-state index contributed by atoms with van der Waals surface area (Å²) in [5, 5.41) is 9.09. The second-order valence-electron chi connectivity index (χ2n) is 4.95. The fourth-order valence-electron chi connectivity index (χ4n) is 1.97. The van der Waals surface area contributed by atoms with E-state index >= 15 is 0 Å². The van der Waals surface area contributed by atoms with Gasteiger partial charge in [-0.3, -0.25) is 9.69 Å². The summed E-state index contributed by atoms with van der Waals surface area (Å²) in [5.41, 5.74) is 0. The van der Waals surface area contributed by atoms with E-state index in [4.69, 9.17) is 5.11 Å². The summed E-state index contributed by atoms with van der Waals surface area (Å²) in [6.45, 7) is 4.89. The fraction of sp³-hybridized carbons (Fsp3) is 0.833. The third-order valence-corrected chi connectivity index (χ3v) is 3.37. The fourth-order valence-corrected chi connectivity index (χ4v) is 1.97. The largest absolute Gasteiger partial charge is 0.480 e. The van der Waals surface area contributed by atoms with E-state index in [-0.39, 0.29) is 11.9 Å². The van der Waals surface area contributed by atoms with E-state index in [1.165, 1.54) is 4.90 Å². The van der Waals surface area contributed by atoms with Crippen LogP contribution in [0.5, 0.6) is 0 Å². The standard InChI is InChI=1S/C12H22N2O3/c1-9(2)13(3)8-11(15)14-7-5-4-6-10(14)12(16)17/h9-10H,4-8H2,1-3H3,(H,16,17). The lowest BCUT2D eigenvalue weighted by Crippen LogP contribution is -2.51. The van der Waals surface area contributed by atoms with Crippen molar-refractivity contribution < 1.29 is 14.7 Å². The quantitative estimate of drug-likeness (QED) is 0.792. The Morgan fingerprint density at radius 3 is 2.59 bits per heavy atom. The van der Waals surface area contributed by atoms with Crippen molar-refractivity contribution >= 4 is 11.9 Å². The van der Waals surface area contributed by atoms with Crippen LogP contribution in [0.2, 0.25) is 0 Å². The molecule has 1 unspecified atom stereocenters. The number of carbonyl (C=O) groups excluding carboxylic acids is 1. The van der Waals surface area contributed by atoms with E-state index in [0.29, 0.717) is 19.5 Å². The van der Waals surface area contributed by atoms with E-state index in [1.54, 1.807) is 0 Å². The van der Waals surface area contributed by atoms with Gasteiger partial charge in [0.2, 0.25) is 5.91 Å². The van der Waals surface area contributed by atoms with Gasteiger partial charge in [0.05, 0.1) is 6.54 Å². The SMILES string of the molecule is CC(C)N(C)CC(=O)N1CCCCC1C(=O)O. The molecule has 5 nitrogen and oxygen atoms in total. The molecule has 1 aliphatic heterocycles. The number of likely N-dealkylation sites (N-methyl/N-ethyl adjacent to an activating group) is 1. The van der Waals surface area contributed by atoms with Crippen molar-refractivity contribution in [2.45, 2.75) is 45.2 Å². The van der Waals surface area contributed by atoms with Gasteiger partial charge < -0.3 is 10.0 Å². The third kappa shape index (κ3) is 3.70. The first-order valence-electron chi connectivity index (χ1n) is 6.16. The second-order valence-corrected chi connectivity index (χ2v) is 4.95. The Balaban J connectivity index is 2.62. The molecule has 17 heavy (non-hydrogen) atoms. The minimum Gasteiger partial charge on any atom is -0.480 e. The zero-order chi connectivity index (χ0) is 13.0. The number of nitrogens with zero attached hydrogens (tertiary/aromatic N) is 2. The number of carboxylic acids is 1. The zero-order valence-corrected chi connectivity index (χ0v) is 10.8. The average molecular weight is 242 g/mol. The normalized spacial score (nSPS) is 21.0. The Labute approximate surface area is 102 Å². The van der Waals surface area contributed by atoms with Crippen LogP contribution in [-0.4, -0.2) is 59.0 Å². The summed E-state index contributed by atoms with van der Waals surface area (Å²) in [4.78, 5) is 26.6. The number of hydrogen-bond acceptors (Lipinski definition) is 3. The molecule has 1 heterocycles. The Hall–Kier alpha value is -1.10. The topological polar surface area (TPSA) is 60.9 Å². The van der Waals surface area contributed by atoms with Crippen molar-refractivity contribution in [2.24, 2.45) is 0 Å². The molecule has 1 aliphatic rings. The maximum absolute atomic E-state index is 12.0. The highest BCUT2D eigenvalue weighted by molar-refractivity contribution is 5.85. The number of hydrogen-bond donors (Lipinski definition) is 1. The first kappa shape index (κ1) is 14.0. The highest BCUT2D eigenvalue weighted by Gasteiger charge is 2.32. The van der Waals surface area contributed by atoms with Gasteiger partial charge in [0.15, 0.2) is 0 Å². The van der Waals surface area contributed by atoms with Gasteiger partial charge in [-0.25, -0.2) is 4.79 Å². The van der Waals surface area contributed by atoms with Gasteiger partial charge in [-0.2, -0.15) is 0 Å². The molecular formula is C12H22N2O3. The molecule has 0 radical (unpaired) electrons. The Morgan fingerprint density at radius 2 is 2.06 bits per heavy atom. The van der Waals surface area contributed by atoms with Gasteiger partial charge in [0.1, 0.15) is 6.04 Å². The highest BCUT2D eigenvalue weighted by atomic mass is 16.4. The average Bonchev–Trinajstić information content (AvgIpc) is 2.28. The lowest BCUT2D eigenvalue weighted by molar-refractivity contribution is -0.152. The predicted octanol–water partition coefficient (Wildman–Crippen LogP) is 0.792. The van der Waals surface area contributed by atoms with Crippen LogP contribution in [0.4, 0.5) is 0 Å². The number of piperidine rings is 1. The summed E-state index contributed by atoms with van der Waals surface area (Å²) < 4.78 is 0. The molecule has 0 aliphatic carbocycles. The Kier molecular flexibility index (Phi) is 4.93. The number of carboxylic acid groups (broad SMARTS) is 1. The van der Waals surface area contributed by atoms with Crippen LogP contribution in [0.1, 0.15) is 33.1 Å². The van der Waals surface area contributed by atoms with Gasteiger partial charge >= 0.3 is 5.97 Å². The lowest BCUT2D eigenvalue weighted by Gasteiger charge is -2.34. The summed E-state index contributed by atoms with van der Waals surface area (Å²) in [7, 11) is 1.88. The smallest absolute Gasteiger partial charge is 0.326 e. The van der Waals surface area contributed by atoms with Crippen molar-refractivity contribution in [3.63, 3.8) is 0 Å². The second kappa shape index (κ2) is 6.00. The summed E-state index contributed by atoms with van der Waals surface area (Å²) in [6, 6.07) is -0.344. The molecule has 0 aromatic carbocycles. The molecule has 1 saturated heterocycles. The van der Waals surface area contributed by atoms with Crippen LogP contribution in [-0.2, 0) is 9.59 Å². The third-order valence-electron chi connectivity index (χ3n) is 3.37. The van der Waals surface area contributed by atoms with Crippen LogP contribution < -0.4 is 0 Å². The molecule has 98 valence electrons. The molecule has 0 bridgehead atoms. The molecule has 0 spiro atoms. The van der Waals surface area contributed by atoms with Gasteiger partial charge in [-0.05, 0) is 40.2 Å². The maximum Gasteiger partial charge on any atom is 0.326 e. The number of rotatable bonds is 4. The minimum atomic E-state index is -0.884. The monoisotopic (exact) mass is 242 g/mol. The number of amides is 1. The van der Waals surface area contributed by atoms with Crippen molar-refractivity contribution in [1.29, 1.82) is 0 Å². The summed E-state index contributed by atoms with van der Waals surface area (Å²) >= 11 is 0. The van der Waals surface area contributed by atoms with Crippen LogP contribution in [0, 0.1) is 0 Å². The van der Waals surface area contributed by atoms with E-state index in [1.807, 2.05) is 25.8 Å². The number of aliphatic carboxylic acids is 1. The van der Waals surface area contributed by atoms with Crippen LogP contribution in [0.25, 0.3) is 0 Å². The van der Waals surface area contributed by atoms with E-state index in [9.17, 15) is 9.59 Å². The van der Waals surface area contributed by atoms with Crippen molar-refractivity contribution in [1.82, 2.24) is 9.80 Å². The molecule has 5 heteroatoms. The molecule has 1 N–H and O–H groups in total. The van der Waals surface area contributed by atoms with Crippen LogP contribution >= 0.6 is 0 Å². The Morgan fingerprint density at radius 1 is 1.41 bits per heavy atom. The first-order chi connectivity index (χ1) is 7.93. The van der Waals surface area contributed by atoms with Crippen molar-refractivity contribution in [3.8, 4) is 0 Å². The first-order valence-corrected chi connectivity index (χ1v) is 6.16. The zero-order valence-electron chi connectivity index (χ0n) is 10.8. The maximum atomic E-state index is 12.0. The van der Waals surface area contributed by atoms with Crippen molar-refractivity contribution in [3.05, 3.63) is 0 Å². The number of likely N-dealkylation sites (tertiary alicyclic amines) is 1. The van der Waals surface area contributed by atoms with Gasteiger partial charge in [0.25, 0.3) is 0 Å². The van der Waals surface area contributed by atoms with Gasteiger partial charge in [0, 0.05) is 12.6 Å². The molecule has 1 fully saturated rings. The van der Waals surface area contributed by atoms with Gasteiger partial charge in [-0.1, -0.05) is 0 Å². The van der Waals surface area contributed by atoms with E-state index in [0.717, 1.165) is 12.8 Å². The summed E-state index contributed by atoms with van der Waals surface area (Å²) in [5.74, 6) is -0.960. The molecule has 1 rings (SSSR count). The Bertz CT molecular complexity index is 291. The lowest BCUT2D eigenvalue weighted by atomic mass is 10.0. The van der Waals surface area contributed by atoms with E-state index in [2.05, 4.69) is 0 Å². The van der Waals surface area contributed by atoms with Crippen LogP contribution in [0.15, 0.2) is 0 Å². The molecule has 0 aromatic rings. The summed E-state index contributed by atoms with van der Waals surface area (Å²) in [6.07, 6.45) is 2.37.